The lowest BCUT2D eigenvalue weighted by Crippen LogP contribution is -2.30. The number of allylic oxidation sites excluding steroid dienone is 27. The molecular formula is C81H130O17P2. The molecule has 0 aliphatic heterocycles. The highest BCUT2D eigenvalue weighted by Crippen LogP contribution is 2.45. The number of phosphoric acid groups is 2. The third-order valence-electron chi connectivity index (χ3n) is 14.7. The Hall–Kier alpha value is -5.58. The lowest BCUT2D eigenvalue weighted by atomic mass is 10.0. The van der Waals surface area contributed by atoms with Crippen molar-refractivity contribution in [2.24, 2.45) is 0 Å². The van der Waals surface area contributed by atoms with Crippen LogP contribution in [0.4, 0.5) is 0 Å². The molecule has 0 aromatic carbocycles. The van der Waals surface area contributed by atoms with E-state index in [2.05, 4.69) is 155 Å². The molecule has 0 fully saturated rings. The van der Waals surface area contributed by atoms with Gasteiger partial charge in [0.25, 0.3) is 0 Å². The third-order valence-corrected chi connectivity index (χ3v) is 16.6. The molecule has 0 aromatic rings. The number of phosphoric ester groups is 2. The van der Waals surface area contributed by atoms with E-state index in [9.17, 15) is 43.2 Å². The number of carbonyl (C=O) groups is 4. The van der Waals surface area contributed by atoms with Gasteiger partial charge in [-0.15, -0.1) is 0 Å². The van der Waals surface area contributed by atoms with Crippen molar-refractivity contribution < 1.29 is 80.2 Å². The normalized spacial score (nSPS) is 14.9. The van der Waals surface area contributed by atoms with E-state index in [0.29, 0.717) is 38.5 Å². The van der Waals surface area contributed by atoms with Gasteiger partial charge in [0.15, 0.2) is 12.2 Å². The van der Waals surface area contributed by atoms with Gasteiger partial charge in [-0.25, -0.2) is 9.13 Å². The minimum atomic E-state index is -5.01. The fourth-order valence-corrected chi connectivity index (χ4v) is 10.7. The van der Waals surface area contributed by atoms with Crippen LogP contribution in [-0.2, 0) is 65.4 Å². The molecule has 0 aliphatic carbocycles. The first kappa shape index (κ1) is 94.4. The van der Waals surface area contributed by atoms with Gasteiger partial charge < -0.3 is 33.8 Å². The first-order valence-electron chi connectivity index (χ1n) is 37.4. The summed E-state index contributed by atoms with van der Waals surface area (Å²) in [7, 11) is -10.0. The standard InChI is InChI=1S/C81H130O17P2/c1-5-9-13-17-21-25-29-33-36-37-40-43-46-50-54-58-62-66-79(84)92-72-77(98-81(86)68-64-60-56-52-48-44-39-35-31-27-23-19-15-11-7-3)74-96-100(89,90)94-70-75(82)69-93-99(87,88)95-73-76(97-80(85)67-63-59-55-51-47-41-32-28-24-20-16-12-8-4)71-91-78(83)65-61-57-53-49-45-42-38-34-30-26-22-18-14-10-6-2/h9-11,13-15,21-23,25-27,33-36,38-40,43,45,48-50,52,54,57,61,75-77,82H,5-8,12,16-20,24,28-32,37,41-42,44,46-47,51,53,55-56,58-60,62-74H2,1-4H3,(H,87,88)(H,89,90)/b13-9-,14-10-,15-11-,25-21-,26-22-,27-23-,36-33-,38-34-,39-35-,43-40-,49-45-,52-48-,54-50-,61-57-. The molecule has 0 amide bonds. The van der Waals surface area contributed by atoms with Crippen LogP contribution in [0.15, 0.2) is 170 Å². The first-order chi connectivity index (χ1) is 48.7. The van der Waals surface area contributed by atoms with Crippen molar-refractivity contribution in [1.82, 2.24) is 0 Å². The van der Waals surface area contributed by atoms with E-state index in [1.54, 1.807) is 6.08 Å². The summed E-state index contributed by atoms with van der Waals surface area (Å²) >= 11 is 0. The van der Waals surface area contributed by atoms with Gasteiger partial charge in [0.2, 0.25) is 0 Å². The largest absolute Gasteiger partial charge is 0.472 e. The van der Waals surface area contributed by atoms with Crippen LogP contribution in [-0.4, -0.2) is 96.7 Å². The molecule has 566 valence electrons. The van der Waals surface area contributed by atoms with Crippen LogP contribution in [0.25, 0.3) is 0 Å². The van der Waals surface area contributed by atoms with Crippen molar-refractivity contribution in [3.63, 3.8) is 0 Å². The summed E-state index contributed by atoms with van der Waals surface area (Å²) in [6.45, 7) is 4.27. The number of carbonyl (C=O) groups excluding carboxylic acids is 4. The summed E-state index contributed by atoms with van der Waals surface area (Å²) in [5, 5.41) is 10.6. The van der Waals surface area contributed by atoms with Gasteiger partial charge in [-0.3, -0.25) is 37.3 Å². The maximum Gasteiger partial charge on any atom is 0.472 e. The number of unbranched alkanes of at least 4 members (excludes halogenated alkanes) is 15. The van der Waals surface area contributed by atoms with E-state index in [-0.39, 0.29) is 25.7 Å². The molecule has 0 heterocycles. The van der Waals surface area contributed by atoms with E-state index in [0.717, 1.165) is 116 Å². The summed E-state index contributed by atoms with van der Waals surface area (Å²) in [6, 6.07) is 0. The summed E-state index contributed by atoms with van der Waals surface area (Å²) < 4.78 is 68.2. The Morgan fingerprint density at radius 1 is 0.300 bits per heavy atom. The van der Waals surface area contributed by atoms with Crippen LogP contribution >= 0.6 is 15.6 Å². The Labute approximate surface area is 603 Å². The second kappa shape index (κ2) is 71.8. The molecule has 0 saturated heterocycles. The van der Waals surface area contributed by atoms with E-state index in [1.165, 1.54) is 51.4 Å². The summed E-state index contributed by atoms with van der Waals surface area (Å²) in [5.41, 5.74) is 0. The molecule has 100 heavy (non-hydrogen) atoms. The van der Waals surface area contributed by atoms with Crippen LogP contribution in [0, 0.1) is 0 Å². The Balaban J connectivity index is 5.51. The quantitative estimate of drug-likeness (QED) is 0.0169. The SMILES string of the molecule is CC/C=C\C/C=C\C/C=C\C/C=C\C/C=C\CCCC(=O)OCC(COP(=O)(O)OCC(O)COP(=O)(O)OCC(COC(=O)C/C=C\C/C=C\C/C=C\C/C=C\C/C=C\CC)OC(=O)CCCCCCCCCCCCCCC)OC(=O)CCCC/C=C\C/C=C\C/C=C\C/C=C\CC. The Kier molecular flexibility index (Phi) is 67.8. The van der Waals surface area contributed by atoms with Gasteiger partial charge >= 0.3 is 39.5 Å². The fourth-order valence-electron chi connectivity index (χ4n) is 9.14. The molecule has 5 unspecified atom stereocenters. The third kappa shape index (κ3) is 70.8. The zero-order chi connectivity index (χ0) is 73.2. The topological polar surface area (TPSA) is 237 Å². The molecule has 0 bridgehead atoms. The zero-order valence-corrected chi connectivity index (χ0v) is 63.3. The Morgan fingerprint density at radius 3 is 0.920 bits per heavy atom. The minimum Gasteiger partial charge on any atom is -0.462 e. The number of aliphatic hydroxyl groups is 1. The number of ether oxygens (including phenoxy) is 4. The average Bonchev–Trinajstić information content (AvgIpc) is 1.06. The number of aliphatic hydroxyl groups excluding tert-OH is 1. The predicted molar refractivity (Wildman–Crippen MR) is 408 cm³/mol. The first-order valence-corrected chi connectivity index (χ1v) is 40.4. The molecule has 0 saturated carbocycles. The molecule has 0 radical (unpaired) electrons. The smallest absolute Gasteiger partial charge is 0.462 e. The van der Waals surface area contributed by atoms with Gasteiger partial charge in [-0.2, -0.15) is 0 Å². The maximum absolute atomic E-state index is 13.1. The van der Waals surface area contributed by atoms with E-state index in [4.69, 9.17) is 37.0 Å². The zero-order valence-electron chi connectivity index (χ0n) is 61.5. The number of hydrogen-bond acceptors (Lipinski definition) is 15. The molecule has 17 nitrogen and oxygen atoms in total. The summed E-state index contributed by atoms with van der Waals surface area (Å²) in [5.74, 6) is -2.45. The van der Waals surface area contributed by atoms with Gasteiger partial charge in [-0.05, 0) is 128 Å². The Bertz CT molecular complexity index is 2570. The van der Waals surface area contributed by atoms with Gasteiger partial charge in [-0.1, -0.05) is 275 Å². The van der Waals surface area contributed by atoms with Crippen LogP contribution < -0.4 is 0 Å². The number of rotatable bonds is 68. The molecule has 0 aliphatic rings. The predicted octanol–water partition coefficient (Wildman–Crippen LogP) is 21.4. The van der Waals surface area contributed by atoms with Gasteiger partial charge in [0.1, 0.15) is 19.3 Å². The van der Waals surface area contributed by atoms with E-state index < -0.39 is 97.5 Å². The second-order valence-electron chi connectivity index (χ2n) is 24.1. The monoisotopic (exact) mass is 1440 g/mol. The summed E-state index contributed by atoms with van der Waals surface area (Å²) in [4.78, 5) is 72.7. The average molecular weight is 1440 g/mol. The molecule has 0 rings (SSSR count). The molecule has 0 spiro atoms. The molecule has 3 N–H and O–H groups in total. The highest BCUT2D eigenvalue weighted by atomic mass is 31.2. The van der Waals surface area contributed by atoms with Crippen molar-refractivity contribution in [1.29, 1.82) is 0 Å². The minimum absolute atomic E-state index is 0.0222. The number of esters is 4. The van der Waals surface area contributed by atoms with Crippen molar-refractivity contribution in [3.8, 4) is 0 Å². The van der Waals surface area contributed by atoms with E-state index in [1.807, 2.05) is 36.5 Å². The summed E-state index contributed by atoms with van der Waals surface area (Å²) in [6.07, 6.45) is 84.0. The molecule has 0 aromatic heterocycles. The highest BCUT2D eigenvalue weighted by Gasteiger charge is 2.30. The van der Waals surface area contributed by atoms with Gasteiger partial charge in [0, 0.05) is 19.3 Å². The van der Waals surface area contributed by atoms with Crippen molar-refractivity contribution in [3.05, 3.63) is 170 Å². The van der Waals surface area contributed by atoms with Crippen LogP contribution in [0.3, 0.4) is 0 Å². The molecular weight excluding hydrogens is 1310 g/mol. The van der Waals surface area contributed by atoms with Crippen LogP contribution in [0.1, 0.15) is 259 Å². The highest BCUT2D eigenvalue weighted by molar-refractivity contribution is 7.47. The van der Waals surface area contributed by atoms with Crippen molar-refractivity contribution >= 4 is 39.5 Å². The van der Waals surface area contributed by atoms with Crippen molar-refractivity contribution in [2.75, 3.05) is 39.6 Å². The fraction of sp³-hybridized carbons (Fsp3) is 0.605. The molecule has 5 atom stereocenters. The van der Waals surface area contributed by atoms with Crippen LogP contribution in [0.2, 0.25) is 0 Å². The lowest BCUT2D eigenvalue weighted by molar-refractivity contribution is -0.161. The van der Waals surface area contributed by atoms with Crippen LogP contribution in [0.5, 0.6) is 0 Å². The second-order valence-corrected chi connectivity index (χ2v) is 27.0. The van der Waals surface area contributed by atoms with Gasteiger partial charge in [0.05, 0.1) is 32.8 Å². The molecule has 19 heteroatoms. The number of hydrogen-bond donors (Lipinski definition) is 3. The Morgan fingerprint density at radius 2 is 0.570 bits per heavy atom. The maximum atomic E-state index is 13.1. The van der Waals surface area contributed by atoms with Crippen molar-refractivity contribution in [2.45, 2.75) is 277 Å². The lowest BCUT2D eigenvalue weighted by Gasteiger charge is -2.21. The van der Waals surface area contributed by atoms with E-state index >= 15 is 0 Å².